The van der Waals surface area contributed by atoms with Crippen LogP contribution >= 0.6 is 0 Å². The number of aromatic nitrogens is 3. The number of fused-ring (bicyclic) bond motifs is 1. The first-order chi connectivity index (χ1) is 12.6. The number of likely N-dealkylation sites (tertiary alicyclic amines) is 1. The molecule has 1 N–H and O–H groups in total. The van der Waals surface area contributed by atoms with Crippen molar-refractivity contribution in [3.63, 3.8) is 0 Å². The van der Waals surface area contributed by atoms with Crippen LogP contribution in [0, 0.1) is 5.92 Å². The average Bonchev–Trinajstić information content (AvgIpc) is 3.18. The molecule has 3 heterocycles. The van der Waals surface area contributed by atoms with E-state index >= 15 is 0 Å². The summed E-state index contributed by atoms with van der Waals surface area (Å²) in [7, 11) is 3.79. The van der Waals surface area contributed by atoms with Crippen molar-refractivity contribution in [2.24, 2.45) is 13.0 Å². The predicted octanol–water partition coefficient (Wildman–Crippen LogP) is 2.28. The summed E-state index contributed by atoms with van der Waals surface area (Å²) >= 11 is 0. The Morgan fingerprint density at radius 1 is 1.19 bits per heavy atom. The van der Waals surface area contributed by atoms with Gasteiger partial charge in [-0.25, -0.2) is 0 Å². The number of hydrogen-bond donors (Lipinski definition) is 1. The first kappa shape index (κ1) is 16.7. The Bertz CT molecular complexity index is 929. The molecule has 2 atom stereocenters. The molecule has 3 aromatic rings. The van der Waals surface area contributed by atoms with E-state index in [0.717, 1.165) is 24.0 Å². The monoisotopic (exact) mass is 349 g/mol. The molecule has 1 aliphatic heterocycles. The van der Waals surface area contributed by atoms with Gasteiger partial charge in [0, 0.05) is 69.1 Å². The second-order valence-electron chi connectivity index (χ2n) is 7.01. The first-order valence-electron chi connectivity index (χ1n) is 8.90. The van der Waals surface area contributed by atoms with Gasteiger partial charge >= 0.3 is 0 Å². The molecular weight excluding hydrogens is 326 g/mol. The smallest absolute Gasteiger partial charge is 0.223 e. The minimum atomic E-state index is 0.0781. The second-order valence-corrected chi connectivity index (χ2v) is 7.01. The van der Waals surface area contributed by atoms with Gasteiger partial charge in [-0.2, -0.15) is 5.10 Å². The zero-order valence-electron chi connectivity index (χ0n) is 15.1. The molecule has 134 valence electrons. The molecule has 26 heavy (non-hydrogen) atoms. The highest BCUT2D eigenvalue weighted by molar-refractivity contribution is 5.84. The van der Waals surface area contributed by atoms with Crippen LogP contribution in [0.3, 0.4) is 0 Å². The highest BCUT2D eigenvalue weighted by Crippen LogP contribution is 2.36. The Kier molecular flexibility index (Phi) is 4.42. The Labute approximate surface area is 152 Å². The minimum absolute atomic E-state index is 0.0781. The molecule has 0 unspecified atom stereocenters. The summed E-state index contributed by atoms with van der Waals surface area (Å²) in [6.07, 6.45) is 8.24. The molecule has 0 radical (unpaired) electrons. The fourth-order valence-corrected chi connectivity index (χ4v) is 3.94. The third-order valence-electron chi connectivity index (χ3n) is 5.23. The average molecular weight is 349 g/mol. The van der Waals surface area contributed by atoms with E-state index in [1.165, 1.54) is 10.9 Å². The molecule has 0 saturated carbocycles. The molecule has 1 saturated heterocycles. The van der Waals surface area contributed by atoms with Gasteiger partial charge in [0.25, 0.3) is 0 Å². The molecular formula is C20H23N5O. The highest BCUT2D eigenvalue weighted by Gasteiger charge is 2.38. The zero-order valence-corrected chi connectivity index (χ0v) is 15.1. The zero-order chi connectivity index (χ0) is 18.1. The van der Waals surface area contributed by atoms with Crippen molar-refractivity contribution in [1.29, 1.82) is 0 Å². The van der Waals surface area contributed by atoms with Crippen LogP contribution < -0.4 is 5.32 Å². The number of benzene rings is 1. The molecule has 1 aliphatic rings. The Morgan fingerprint density at radius 2 is 2.04 bits per heavy atom. The molecule has 0 bridgehead atoms. The lowest BCUT2D eigenvalue weighted by atomic mass is 9.95. The third-order valence-corrected chi connectivity index (χ3v) is 5.23. The predicted molar refractivity (Wildman–Crippen MR) is 100 cm³/mol. The SMILES string of the molecule is CN1C(=O)C[C@@H](CNCc2cncc3ccccc23)[C@@H]1c1cnn(C)c1. The van der Waals surface area contributed by atoms with E-state index in [1.807, 2.05) is 49.8 Å². The summed E-state index contributed by atoms with van der Waals surface area (Å²) in [5.74, 6) is 0.428. The van der Waals surface area contributed by atoms with E-state index in [1.54, 1.807) is 4.68 Å². The quantitative estimate of drug-likeness (QED) is 0.768. The molecule has 6 nitrogen and oxygen atoms in total. The van der Waals surface area contributed by atoms with Crippen LogP contribution in [0.15, 0.2) is 49.1 Å². The lowest BCUT2D eigenvalue weighted by Gasteiger charge is -2.24. The minimum Gasteiger partial charge on any atom is -0.338 e. The standard InChI is InChI=1S/C20H23N5O/c1-24-13-17(12-23-24)20-15(7-19(26)25(20)2)9-22-11-16-10-21-8-14-5-3-4-6-18(14)16/h3-6,8,10,12-13,15,20,22H,7,9,11H2,1-2H3/t15-,20+/m0/s1. The summed E-state index contributed by atoms with van der Waals surface area (Å²) in [6, 6.07) is 8.36. The number of rotatable bonds is 5. The van der Waals surface area contributed by atoms with Crippen molar-refractivity contribution in [2.45, 2.75) is 19.0 Å². The lowest BCUT2D eigenvalue weighted by Crippen LogP contribution is -2.29. The molecule has 1 aromatic carbocycles. The van der Waals surface area contributed by atoms with Crippen molar-refractivity contribution in [3.05, 3.63) is 60.2 Å². The number of amides is 1. The van der Waals surface area contributed by atoms with E-state index in [4.69, 9.17) is 0 Å². The number of carbonyl (C=O) groups is 1. The summed E-state index contributed by atoms with van der Waals surface area (Å²) in [5.41, 5.74) is 2.28. The molecule has 1 amide bonds. The third kappa shape index (κ3) is 3.08. The van der Waals surface area contributed by atoms with Gasteiger partial charge in [-0.05, 0) is 10.9 Å². The van der Waals surface area contributed by atoms with Crippen LogP contribution in [-0.2, 0) is 18.4 Å². The van der Waals surface area contributed by atoms with Gasteiger partial charge in [0.15, 0.2) is 0 Å². The summed E-state index contributed by atoms with van der Waals surface area (Å²) < 4.78 is 1.79. The number of hydrogen-bond acceptors (Lipinski definition) is 4. The lowest BCUT2D eigenvalue weighted by molar-refractivity contribution is -0.127. The number of pyridine rings is 1. The van der Waals surface area contributed by atoms with Gasteiger partial charge in [0.2, 0.25) is 5.91 Å². The van der Waals surface area contributed by atoms with Gasteiger partial charge in [-0.3, -0.25) is 14.5 Å². The topological polar surface area (TPSA) is 63.1 Å². The number of nitrogens with one attached hydrogen (secondary N) is 1. The molecule has 0 aliphatic carbocycles. The number of carbonyl (C=O) groups excluding carboxylic acids is 1. The maximum atomic E-state index is 12.2. The molecule has 0 spiro atoms. The highest BCUT2D eigenvalue weighted by atomic mass is 16.2. The molecule has 6 heteroatoms. The van der Waals surface area contributed by atoms with Gasteiger partial charge in [-0.15, -0.1) is 0 Å². The first-order valence-corrected chi connectivity index (χ1v) is 8.90. The number of aryl methyl sites for hydroxylation is 1. The van der Waals surface area contributed by atoms with Gasteiger partial charge < -0.3 is 10.2 Å². The van der Waals surface area contributed by atoms with Crippen LogP contribution in [0.25, 0.3) is 10.8 Å². The van der Waals surface area contributed by atoms with Crippen LogP contribution in [0.4, 0.5) is 0 Å². The van der Waals surface area contributed by atoms with Crippen molar-refractivity contribution >= 4 is 16.7 Å². The van der Waals surface area contributed by atoms with Crippen LogP contribution in [0.5, 0.6) is 0 Å². The summed E-state index contributed by atoms with van der Waals surface area (Å²) in [4.78, 5) is 18.4. The van der Waals surface area contributed by atoms with Crippen LogP contribution in [0.2, 0.25) is 0 Å². The molecule has 2 aromatic heterocycles. The van der Waals surface area contributed by atoms with Crippen molar-refractivity contribution < 1.29 is 4.79 Å². The number of nitrogens with zero attached hydrogens (tertiary/aromatic N) is 4. The van der Waals surface area contributed by atoms with Gasteiger partial charge in [0.1, 0.15) is 0 Å². The Hall–Kier alpha value is -2.73. The largest absolute Gasteiger partial charge is 0.338 e. The van der Waals surface area contributed by atoms with Gasteiger partial charge in [0.05, 0.1) is 12.2 Å². The van der Waals surface area contributed by atoms with E-state index in [-0.39, 0.29) is 17.9 Å². The van der Waals surface area contributed by atoms with Crippen LogP contribution in [0.1, 0.15) is 23.6 Å². The molecule has 4 rings (SSSR count). The fraction of sp³-hybridized carbons (Fsp3) is 0.350. The summed E-state index contributed by atoms with van der Waals surface area (Å²) in [5, 5.41) is 10.2. The van der Waals surface area contributed by atoms with E-state index in [0.29, 0.717) is 6.42 Å². The van der Waals surface area contributed by atoms with Gasteiger partial charge in [-0.1, -0.05) is 24.3 Å². The molecule has 1 fully saturated rings. The Balaban J connectivity index is 1.47. The van der Waals surface area contributed by atoms with Crippen molar-refractivity contribution in [3.8, 4) is 0 Å². The maximum Gasteiger partial charge on any atom is 0.223 e. The Morgan fingerprint density at radius 3 is 2.85 bits per heavy atom. The second kappa shape index (κ2) is 6.88. The van der Waals surface area contributed by atoms with E-state index in [9.17, 15) is 4.79 Å². The van der Waals surface area contributed by atoms with Crippen molar-refractivity contribution in [2.75, 3.05) is 13.6 Å². The van der Waals surface area contributed by atoms with Crippen molar-refractivity contribution in [1.82, 2.24) is 25.0 Å². The maximum absolute atomic E-state index is 12.2. The van der Waals surface area contributed by atoms with E-state index in [2.05, 4.69) is 33.6 Å². The normalized spacial score (nSPS) is 20.2. The summed E-state index contributed by atoms with van der Waals surface area (Å²) in [6.45, 7) is 1.52. The fourth-order valence-electron chi connectivity index (χ4n) is 3.94. The van der Waals surface area contributed by atoms with E-state index < -0.39 is 0 Å². The van der Waals surface area contributed by atoms with Crippen LogP contribution in [-0.4, -0.2) is 39.2 Å².